The van der Waals surface area contributed by atoms with Crippen LogP contribution in [0.3, 0.4) is 0 Å². The zero-order valence-electron chi connectivity index (χ0n) is 25.2. The minimum Gasteiger partial charge on any atom is -0.465 e. The third kappa shape index (κ3) is 11.7. The molecule has 0 aliphatic heterocycles. The Morgan fingerprint density at radius 3 is 1.16 bits per heavy atom. The van der Waals surface area contributed by atoms with Gasteiger partial charge in [-0.3, -0.25) is 5.32 Å². The van der Waals surface area contributed by atoms with Gasteiger partial charge in [-0.15, -0.1) is 0 Å². The highest BCUT2D eigenvalue weighted by Crippen LogP contribution is 2.39. The number of amides is 6. The Morgan fingerprint density at radius 2 is 0.889 bits per heavy atom. The fraction of sp³-hybridized carbons (Fsp3) is 0.250. The lowest BCUT2D eigenvalue weighted by molar-refractivity contribution is 0.192. The van der Waals surface area contributed by atoms with Crippen molar-refractivity contribution in [2.24, 2.45) is 11.5 Å². The van der Waals surface area contributed by atoms with Crippen molar-refractivity contribution in [1.29, 1.82) is 0 Å². The van der Waals surface area contributed by atoms with Gasteiger partial charge < -0.3 is 41.8 Å². The highest BCUT2D eigenvalue weighted by molar-refractivity contribution is 6.32. The smallest absolute Gasteiger partial charge is 0.402 e. The van der Waals surface area contributed by atoms with E-state index in [-0.39, 0.29) is 0 Å². The first-order valence-corrected chi connectivity index (χ1v) is 13.9. The molecule has 13 heteroatoms. The first-order valence-electron chi connectivity index (χ1n) is 13.9. The summed E-state index contributed by atoms with van der Waals surface area (Å²) in [4.78, 5) is 39.9. The van der Waals surface area contributed by atoms with Gasteiger partial charge in [0, 0.05) is 40.5 Å². The predicted molar refractivity (Wildman–Crippen MR) is 175 cm³/mol. The molecule has 0 heterocycles. The Kier molecular flexibility index (Phi) is 15.1. The van der Waals surface area contributed by atoms with Crippen LogP contribution in [0.1, 0.15) is 12.8 Å². The molecule has 6 amide bonds. The van der Waals surface area contributed by atoms with Crippen LogP contribution >= 0.6 is 0 Å². The summed E-state index contributed by atoms with van der Waals surface area (Å²) in [5, 5.41) is 32.5. The third-order valence-electron chi connectivity index (χ3n) is 6.24. The Balaban J connectivity index is 0.000000257. The molecule has 5 rings (SSSR count). The number of carbonyl (C=O) groups is 4. The van der Waals surface area contributed by atoms with Gasteiger partial charge in [0.2, 0.25) is 0 Å². The summed E-state index contributed by atoms with van der Waals surface area (Å²) in [6.45, 7) is 2.08. The van der Waals surface area contributed by atoms with E-state index in [4.69, 9.17) is 29.3 Å². The van der Waals surface area contributed by atoms with Gasteiger partial charge in [0.15, 0.2) is 0 Å². The molecule has 13 nitrogen and oxygen atoms in total. The zero-order chi connectivity index (χ0) is 33.2. The fourth-order valence-electron chi connectivity index (χ4n) is 4.61. The van der Waals surface area contributed by atoms with E-state index in [1.807, 2.05) is 0 Å². The molecule has 0 aliphatic carbocycles. The molecule has 0 saturated heterocycles. The molecular formula is C32H39N5O8. The van der Waals surface area contributed by atoms with Crippen molar-refractivity contribution in [3.8, 4) is 0 Å². The number of carbonyl (C=O) groups excluding carboxylic acids is 2. The molecule has 0 fully saturated rings. The second kappa shape index (κ2) is 19.0. The van der Waals surface area contributed by atoms with Gasteiger partial charge in [0.1, 0.15) is 0 Å². The van der Waals surface area contributed by atoms with Gasteiger partial charge >= 0.3 is 24.2 Å². The van der Waals surface area contributed by atoms with E-state index in [1.165, 1.54) is 43.1 Å². The van der Waals surface area contributed by atoms with Crippen molar-refractivity contribution in [3.05, 3.63) is 72.8 Å². The SMILES string of the molecule is COCCCNC(=O)NC(=O)NCCCOC.NC(=O)O.NC(=O)O.c1cc2cccc3c4cccc5cccc(c(c1)c23)c54. The number of nitrogens with two attached hydrogens (primary N) is 2. The average Bonchev–Trinajstić information content (AvgIpc) is 3.00. The van der Waals surface area contributed by atoms with Crippen LogP contribution in [0, 0.1) is 0 Å². The van der Waals surface area contributed by atoms with Gasteiger partial charge in [0.05, 0.1) is 0 Å². The average molecular weight is 622 g/mol. The number of hydrogen-bond donors (Lipinski definition) is 7. The van der Waals surface area contributed by atoms with E-state index < -0.39 is 24.2 Å². The Hall–Kier alpha value is -5.40. The summed E-state index contributed by atoms with van der Waals surface area (Å²) >= 11 is 0. The number of primary amides is 2. The number of carboxylic acid groups (broad SMARTS) is 2. The van der Waals surface area contributed by atoms with E-state index >= 15 is 0 Å². The minimum absolute atomic E-state index is 0.469. The maximum absolute atomic E-state index is 11.2. The number of ether oxygens (including phenoxy) is 2. The van der Waals surface area contributed by atoms with Gasteiger partial charge in [-0.05, 0) is 55.9 Å². The quantitative estimate of drug-likeness (QED) is 0.0705. The van der Waals surface area contributed by atoms with Crippen molar-refractivity contribution in [1.82, 2.24) is 16.0 Å². The molecule has 0 spiro atoms. The van der Waals surface area contributed by atoms with Crippen LogP contribution < -0.4 is 27.4 Å². The normalized spacial score (nSPS) is 10.1. The number of urea groups is 2. The maximum atomic E-state index is 11.2. The number of fused-ring (bicyclic) bond motifs is 2. The molecule has 0 unspecified atom stereocenters. The topological polar surface area (TPSA) is 215 Å². The molecular weight excluding hydrogens is 582 g/mol. The largest absolute Gasteiger partial charge is 0.465 e. The van der Waals surface area contributed by atoms with Crippen LogP contribution in [0.4, 0.5) is 19.2 Å². The van der Waals surface area contributed by atoms with E-state index in [1.54, 1.807) is 14.2 Å². The molecule has 5 aromatic rings. The van der Waals surface area contributed by atoms with Crippen molar-refractivity contribution >= 4 is 67.3 Å². The number of methoxy groups -OCH3 is 2. The molecule has 0 radical (unpaired) electrons. The lowest BCUT2D eigenvalue weighted by Crippen LogP contribution is -2.45. The summed E-state index contributed by atoms with van der Waals surface area (Å²) in [6.07, 6.45) is -1.25. The lowest BCUT2D eigenvalue weighted by Gasteiger charge is -2.13. The van der Waals surface area contributed by atoms with E-state index in [0.29, 0.717) is 39.1 Å². The van der Waals surface area contributed by atoms with E-state index in [2.05, 4.69) is 100 Å². The first kappa shape index (κ1) is 35.8. The minimum atomic E-state index is -1.33. The van der Waals surface area contributed by atoms with Gasteiger partial charge in [-0.2, -0.15) is 0 Å². The van der Waals surface area contributed by atoms with Gasteiger partial charge in [0.25, 0.3) is 0 Å². The second-order valence-corrected chi connectivity index (χ2v) is 9.42. The van der Waals surface area contributed by atoms with Gasteiger partial charge in [-0.25, -0.2) is 19.2 Å². The Morgan fingerprint density at radius 1 is 0.600 bits per heavy atom. The van der Waals surface area contributed by atoms with Crippen molar-refractivity contribution in [3.63, 3.8) is 0 Å². The van der Waals surface area contributed by atoms with Crippen LogP contribution in [0.15, 0.2) is 72.8 Å². The van der Waals surface area contributed by atoms with Crippen molar-refractivity contribution in [2.75, 3.05) is 40.5 Å². The number of nitrogens with one attached hydrogen (secondary N) is 3. The molecule has 240 valence electrons. The summed E-state index contributed by atoms with van der Waals surface area (Å²) in [7, 11) is 3.18. The van der Waals surface area contributed by atoms with Crippen LogP contribution in [0.25, 0.3) is 43.1 Å². The highest BCUT2D eigenvalue weighted by atomic mass is 16.5. The Labute approximate surface area is 259 Å². The van der Waals surface area contributed by atoms with E-state index in [0.717, 1.165) is 0 Å². The summed E-state index contributed by atoms with van der Waals surface area (Å²) in [5.74, 6) is 0. The fourth-order valence-corrected chi connectivity index (χ4v) is 4.61. The van der Waals surface area contributed by atoms with Crippen LogP contribution in [-0.4, -0.2) is 75.0 Å². The third-order valence-corrected chi connectivity index (χ3v) is 6.24. The number of rotatable bonds is 8. The maximum Gasteiger partial charge on any atom is 0.402 e. The molecule has 5 aromatic carbocycles. The predicted octanol–water partition coefficient (Wildman–Crippen LogP) is 5.05. The summed E-state index contributed by atoms with van der Waals surface area (Å²) in [5.41, 5.74) is 8.06. The van der Waals surface area contributed by atoms with Crippen LogP contribution in [0.5, 0.6) is 0 Å². The molecule has 9 N–H and O–H groups in total. The molecule has 0 aliphatic rings. The lowest BCUT2D eigenvalue weighted by atomic mass is 9.90. The van der Waals surface area contributed by atoms with Crippen molar-refractivity contribution < 1.29 is 38.9 Å². The monoisotopic (exact) mass is 621 g/mol. The van der Waals surface area contributed by atoms with Crippen LogP contribution in [0.2, 0.25) is 0 Å². The van der Waals surface area contributed by atoms with E-state index in [9.17, 15) is 9.59 Å². The molecule has 0 saturated carbocycles. The first-order chi connectivity index (χ1) is 21.6. The number of imide groups is 1. The molecule has 45 heavy (non-hydrogen) atoms. The molecule has 0 bridgehead atoms. The summed E-state index contributed by atoms with van der Waals surface area (Å²) < 4.78 is 9.64. The molecule has 0 atom stereocenters. The Bertz CT molecular complexity index is 1480. The van der Waals surface area contributed by atoms with Crippen molar-refractivity contribution in [2.45, 2.75) is 12.8 Å². The standard InChI is InChI=1S/C20H12.C10H21N3O4.2CH3NO2/c1-5-13-6-2-11-17-18-12-4-8-14-7-3-10-16(20(14)18)15(9-1)19(13)17;1-16-7-3-5-11-9(14)13-10(15)12-6-4-8-17-2;2*2-1(3)4/h1-12H;3-8H2,1-2H3,(H3,11,12,13,14,15);2*2H2,(H,3,4). The zero-order valence-corrected chi connectivity index (χ0v) is 25.2. The summed E-state index contributed by atoms with van der Waals surface area (Å²) in [6, 6.07) is 25.4. The van der Waals surface area contributed by atoms with Gasteiger partial charge in [-0.1, -0.05) is 72.8 Å². The molecule has 0 aromatic heterocycles. The number of hydrogen-bond acceptors (Lipinski definition) is 6. The van der Waals surface area contributed by atoms with Crippen LogP contribution in [-0.2, 0) is 9.47 Å². The second-order valence-electron chi connectivity index (χ2n) is 9.42. The highest BCUT2D eigenvalue weighted by Gasteiger charge is 2.11. The number of benzene rings is 5.